The van der Waals surface area contributed by atoms with Crippen molar-refractivity contribution < 1.29 is 4.52 Å². The van der Waals surface area contributed by atoms with Gasteiger partial charge >= 0.3 is 0 Å². The molecule has 1 aromatic carbocycles. The first-order valence-electron chi connectivity index (χ1n) is 6.13. The number of hydrogen-bond acceptors (Lipinski definition) is 6. The Morgan fingerprint density at radius 3 is 2.67 bits per heavy atom. The van der Waals surface area contributed by atoms with Crippen molar-refractivity contribution >= 4 is 29.2 Å². The second-order valence-electron chi connectivity index (χ2n) is 4.23. The van der Waals surface area contributed by atoms with Crippen molar-refractivity contribution in [2.45, 2.75) is 10.6 Å². The third-order valence-electron chi connectivity index (χ3n) is 2.69. The molecule has 21 heavy (non-hydrogen) atoms. The fourth-order valence-electron chi connectivity index (χ4n) is 1.65. The molecule has 0 radical (unpaired) electrons. The van der Waals surface area contributed by atoms with E-state index in [1.165, 1.54) is 0 Å². The van der Waals surface area contributed by atoms with E-state index in [1.807, 2.05) is 18.2 Å². The number of rotatable bonds is 4. The van der Waals surface area contributed by atoms with E-state index in [2.05, 4.69) is 15.1 Å². The molecule has 0 unspecified atom stereocenters. The SMILES string of the molecule is Nc1ccc(SCc2noc(-c3ccc(Cl)cc3)n2)cn1. The molecule has 0 atom stereocenters. The Balaban J connectivity index is 1.67. The lowest BCUT2D eigenvalue weighted by molar-refractivity contribution is 0.425. The topological polar surface area (TPSA) is 77.8 Å². The van der Waals surface area contributed by atoms with Crippen LogP contribution >= 0.6 is 23.4 Å². The first-order chi connectivity index (χ1) is 10.2. The van der Waals surface area contributed by atoms with Gasteiger partial charge in [-0.1, -0.05) is 16.8 Å². The molecule has 0 amide bonds. The lowest BCUT2D eigenvalue weighted by Gasteiger charge is -1.97. The Labute approximate surface area is 130 Å². The van der Waals surface area contributed by atoms with Crippen LogP contribution in [0.15, 0.2) is 52.0 Å². The summed E-state index contributed by atoms with van der Waals surface area (Å²) in [6.07, 6.45) is 1.72. The van der Waals surface area contributed by atoms with E-state index in [0.29, 0.717) is 28.3 Å². The van der Waals surface area contributed by atoms with Gasteiger partial charge in [0.2, 0.25) is 0 Å². The zero-order valence-electron chi connectivity index (χ0n) is 10.9. The maximum absolute atomic E-state index is 5.85. The van der Waals surface area contributed by atoms with Crippen molar-refractivity contribution in [2.75, 3.05) is 5.73 Å². The first-order valence-corrected chi connectivity index (χ1v) is 7.50. The quantitative estimate of drug-likeness (QED) is 0.740. The summed E-state index contributed by atoms with van der Waals surface area (Å²) in [6.45, 7) is 0. The molecule has 0 saturated carbocycles. The van der Waals surface area contributed by atoms with Gasteiger partial charge in [0.15, 0.2) is 5.82 Å². The van der Waals surface area contributed by atoms with Crippen LogP contribution < -0.4 is 5.73 Å². The molecule has 0 fully saturated rings. The highest BCUT2D eigenvalue weighted by Crippen LogP contribution is 2.24. The van der Waals surface area contributed by atoms with Crippen LogP contribution in [0.25, 0.3) is 11.5 Å². The Kier molecular flexibility index (Phi) is 4.08. The number of nitrogens with zero attached hydrogens (tertiary/aromatic N) is 3. The predicted molar refractivity (Wildman–Crippen MR) is 83.0 cm³/mol. The van der Waals surface area contributed by atoms with Gasteiger partial charge in [-0.3, -0.25) is 0 Å². The fraction of sp³-hybridized carbons (Fsp3) is 0.0714. The normalized spacial score (nSPS) is 10.7. The summed E-state index contributed by atoms with van der Waals surface area (Å²) in [6, 6.07) is 10.9. The number of halogens is 1. The van der Waals surface area contributed by atoms with Gasteiger partial charge in [0.1, 0.15) is 5.82 Å². The second-order valence-corrected chi connectivity index (χ2v) is 5.72. The maximum atomic E-state index is 5.85. The molecular weight excluding hydrogens is 308 g/mol. The van der Waals surface area contributed by atoms with Crippen molar-refractivity contribution in [3.8, 4) is 11.5 Å². The van der Waals surface area contributed by atoms with Crippen LogP contribution in [0.5, 0.6) is 0 Å². The molecule has 2 heterocycles. The van der Waals surface area contributed by atoms with Crippen LogP contribution in [0.4, 0.5) is 5.82 Å². The number of thioether (sulfide) groups is 1. The van der Waals surface area contributed by atoms with Crippen LogP contribution in [0, 0.1) is 0 Å². The van der Waals surface area contributed by atoms with Gasteiger partial charge in [-0.2, -0.15) is 4.98 Å². The number of hydrogen-bond donors (Lipinski definition) is 1. The number of pyridine rings is 1. The van der Waals surface area contributed by atoms with Gasteiger partial charge in [0.25, 0.3) is 5.89 Å². The molecule has 7 heteroatoms. The van der Waals surface area contributed by atoms with E-state index in [-0.39, 0.29) is 0 Å². The molecular formula is C14H11ClN4OS. The van der Waals surface area contributed by atoms with Crippen molar-refractivity contribution in [1.29, 1.82) is 0 Å². The van der Waals surface area contributed by atoms with Crippen molar-refractivity contribution in [1.82, 2.24) is 15.1 Å². The molecule has 0 aliphatic carbocycles. The van der Waals surface area contributed by atoms with Crippen LogP contribution in [0.2, 0.25) is 5.02 Å². The molecule has 0 bridgehead atoms. The van der Waals surface area contributed by atoms with Crippen LogP contribution in [0.1, 0.15) is 5.82 Å². The fourth-order valence-corrected chi connectivity index (χ4v) is 2.48. The van der Waals surface area contributed by atoms with E-state index >= 15 is 0 Å². The molecule has 2 aromatic heterocycles. The standard InChI is InChI=1S/C14H11ClN4OS/c15-10-3-1-9(2-4-10)14-18-13(19-20-14)8-21-11-5-6-12(16)17-7-11/h1-7H,8H2,(H2,16,17). The smallest absolute Gasteiger partial charge is 0.257 e. The lowest BCUT2D eigenvalue weighted by atomic mass is 10.2. The van der Waals surface area contributed by atoms with Gasteiger partial charge in [0.05, 0.1) is 5.75 Å². The molecule has 3 aromatic rings. The van der Waals surface area contributed by atoms with Gasteiger partial charge in [0, 0.05) is 21.7 Å². The number of nitrogen functional groups attached to an aromatic ring is 1. The van der Waals surface area contributed by atoms with E-state index < -0.39 is 0 Å². The zero-order valence-corrected chi connectivity index (χ0v) is 12.4. The largest absolute Gasteiger partial charge is 0.384 e. The van der Waals surface area contributed by atoms with Gasteiger partial charge in [-0.15, -0.1) is 11.8 Å². The predicted octanol–water partition coefficient (Wildman–Crippen LogP) is 3.66. The van der Waals surface area contributed by atoms with Gasteiger partial charge in [-0.25, -0.2) is 4.98 Å². The number of nitrogens with two attached hydrogens (primary N) is 1. The zero-order chi connectivity index (χ0) is 14.7. The van der Waals surface area contributed by atoms with Crippen LogP contribution in [-0.2, 0) is 5.75 Å². The summed E-state index contributed by atoms with van der Waals surface area (Å²) >= 11 is 7.42. The first kappa shape index (κ1) is 13.9. The monoisotopic (exact) mass is 318 g/mol. The average molecular weight is 319 g/mol. The highest BCUT2D eigenvalue weighted by atomic mass is 35.5. The van der Waals surface area contributed by atoms with Crippen molar-refractivity contribution in [2.24, 2.45) is 0 Å². The Morgan fingerprint density at radius 1 is 1.14 bits per heavy atom. The summed E-state index contributed by atoms with van der Waals surface area (Å²) in [4.78, 5) is 9.39. The number of aromatic nitrogens is 3. The Hall–Kier alpha value is -2.05. The molecule has 0 aliphatic rings. The molecule has 5 nitrogen and oxygen atoms in total. The van der Waals surface area contributed by atoms with E-state index in [1.54, 1.807) is 36.2 Å². The minimum Gasteiger partial charge on any atom is -0.384 e. The van der Waals surface area contributed by atoms with Gasteiger partial charge < -0.3 is 10.3 Å². The van der Waals surface area contributed by atoms with E-state index in [9.17, 15) is 0 Å². The Morgan fingerprint density at radius 2 is 1.95 bits per heavy atom. The molecule has 0 saturated heterocycles. The van der Waals surface area contributed by atoms with E-state index in [0.717, 1.165) is 10.5 Å². The summed E-state index contributed by atoms with van der Waals surface area (Å²) in [7, 11) is 0. The summed E-state index contributed by atoms with van der Waals surface area (Å²) in [5.41, 5.74) is 6.39. The highest BCUT2D eigenvalue weighted by Gasteiger charge is 2.09. The second kappa shape index (κ2) is 6.15. The highest BCUT2D eigenvalue weighted by molar-refractivity contribution is 7.98. The van der Waals surface area contributed by atoms with Crippen LogP contribution in [0.3, 0.4) is 0 Å². The molecule has 2 N–H and O–H groups in total. The third kappa shape index (κ3) is 3.53. The lowest BCUT2D eigenvalue weighted by Crippen LogP contribution is -1.89. The van der Waals surface area contributed by atoms with E-state index in [4.69, 9.17) is 21.9 Å². The molecule has 106 valence electrons. The maximum Gasteiger partial charge on any atom is 0.257 e. The summed E-state index contributed by atoms with van der Waals surface area (Å²) in [5.74, 6) is 2.21. The molecule has 3 rings (SSSR count). The van der Waals surface area contributed by atoms with Crippen molar-refractivity contribution in [3.05, 3.63) is 53.4 Å². The summed E-state index contributed by atoms with van der Waals surface area (Å²) < 4.78 is 5.24. The van der Waals surface area contributed by atoms with Gasteiger partial charge in [-0.05, 0) is 36.4 Å². The third-order valence-corrected chi connectivity index (χ3v) is 3.92. The minimum atomic E-state index is 0.484. The van der Waals surface area contributed by atoms with Crippen molar-refractivity contribution in [3.63, 3.8) is 0 Å². The molecule has 0 spiro atoms. The average Bonchev–Trinajstić information content (AvgIpc) is 2.96. The van der Waals surface area contributed by atoms with Crippen LogP contribution in [-0.4, -0.2) is 15.1 Å². The molecule has 0 aliphatic heterocycles. The number of benzene rings is 1. The minimum absolute atomic E-state index is 0.484. The summed E-state index contributed by atoms with van der Waals surface area (Å²) in [5, 5.41) is 4.63. The number of anilines is 1. The Bertz CT molecular complexity index is 727.